The lowest BCUT2D eigenvalue weighted by atomic mass is 10.2. The first-order chi connectivity index (χ1) is 10.0. The van der Waals surface area contributed by atoms with Crippen LogP contribution in [0.2, 0.25) is 5.02 Å². The third-order valence-corrected chi connectivity index (χ3v) is 2.93. The lowest BCUT2D eigenvalue weighted by Gasteiger charge is -2.10. The number of para-hydroxylation sites is 1. The average Bonchev–Trinajstić information content (AvgIpc) is 2.43. The van der Waals surface area contributed by atoms with Gasteiger partial charge in [0.2, 0.25) is 0 Å². The number of halogens is 1. The average molecular weight is 305 g/mol. The number of ether oxygens (including phenoxy) is 1. The van der Waals surface area contributed by atoms with Gasteiger partial charge in [0.05, 0.1) is 16.0 Å². The van der Waals surface area contributed by atoms with Gasteiger partial charge in [0.1, 0.15) is 11.5 Å². The summed E-state index contributed by atoms with van der Waals surface area (Å²) in [6, 6.07) is 9.01. The van der Waals surface area contributed by atoms with E-state index in [4.69, 9.17) is 21.9 Å². The van der Waals surface area contributed by atoms with E-state index in [1.54, 1.807) is 25.1 Å². The highest BCUT2D eigenvalue weighted by Gasteiger charge is 2.13. The van der Waals surface area contributed by atoms with Gasteiger partial charge in [-0.05, 0) is 30.2 Å². The Bertz CT molecular complexity index is 717. The second kappa shape index (κ2) is 6.13. The maximum absolute atomic E-state index is 10.9. The van der Waals surface area contributed by atoms with E-state index in [0.717, 1.165) is 11.6 Å². The molecule has 0 aliphatic rings. The highest BCUT2D eigenvalue weighted by Crippen LogP contribution is 2.35. The number of non-ortho nitro benzene ring substituents is 1. The molecule has 0 aromatic heterocycles. The lowest BCUT2D eigenvalue weighted by Crippen LogP contribution is -1.92. The van der Waals surface area contributed by atoms with Crippen LogP contribution >= 0.6 is 11.6 Å². The first-order valence-electron chi connectivity index (χ1n) is 5.79. The molecule has 106 valence electrons. The van der Waals surface area contributed by atoms with Crippen molar-refractivity contribution in [3.05, 3.63) is 67.5 Å². The molecule has 0 radical (unpaired) electrons. The van der Waals surface area contributed by atoms with Gasteiger partial charge < -0.3 is 4.74 Å². The van der Waals surface area contributed by atoms with Crippen molar-refractivity contribution in [2.45, 2.75) is 6.92 Å². The summed E-state index contributed by atoms with van der Waals surface area (Å²) in [5.74, 6) is 0.564. The van der Waals surface area contributed by atoms with Crippen LogP contribution in [0.4, 0.5) is 11.4 Å². The van der Waals surface area contributed by atoms with Crippen molar-refractivity contribution in [1.29, 1.82) is 0 Å². The molecular formula is C13H9ClN4O3. The molecule has 8 heteroatoms. The molecule has 0 aliphatic carbocycles. The Kier molecular flexibility index (Phi) is 4.27. The van der Waals surface area contributed by atoms with Crippen LogP contribution in [-0.2, 0) is 0 Å². The summed E-state index contributed by atoms with van der Waals surface area (Å²) in [5, 5.41) is 14.6. The fraction of sp³-hybridized carbons (Fsp3) is 0.0769. The predicted molar refractivity (Wildman–Crippen MR) is 78.2 cm³/mol. The third kappa shape index (κ3) is 3.42. The van der Waals surface area contributed by atoms with Crippen LogP contribution in [0.1, 0.15) is 5.56 Å². The Morgan fingerprint density at radius 3 is 2.76 bits per heavy atom. The Balaban J connectivity index is 2.48. The molecule has 21 heavy (non-hydrogen) atoms. The number of rotatable bonds is 4. The molecule has 0 unspecified atom stereocenters. The van der Waals surface area contributed by atoms with E-state index in [2.05, 4.69) is 10.0 Å². The summed E-state index contributed by atoms with van der Waals surface area (Å²) >= 11 is 6.04. The van der Waals surface area contributed by atoms with Gasteiger partial charge in [0, 0.05) is 16.7 Å². The summed E-state index contributed by atoms with van der Waals surface area (Å²) in [4.78, 5) is 12.9. The van der Waals surface area contributed by atoms with Gasteiger partial charge in [0.25, 0.3) is 5.69 Å². The number of aryl methyl sites for hydroxylation is 1. The Labute approximate surface area is 124 Å². The number of benzene rings is 2. The van der Waals surface area contributed by atoms with Crippen LogP contribution in [-0.4, -0.2) is 4.92 Å². The van der Waals surface area contributed by atoms with Crippen LogP contribution in [0.5, 0.6) is 11.5 Å². The van der Waals surface area contributed by atoms with Gasteiger partial charge in [-0.25, -0.2) is 0 Å². The van der Waals surface area contributed by atoms with Gasteiger partial charge in [-0.15, -0.1) is 0 Å². The van der Waals surface area contributed by atoms with Crippen LogP contribution in [0.3, 0.4) is 0 Å². The van der Waals surface area contributed by atoms with Crippen molar-refractivity contribution in [2.75, 3.05) is 0 Å². The zero-order valence-corrected chi connectivity index (χ0v) is 11.6. The highest BCUT2D eigenvalue weighted by molar-refractivity contribution is 6.32. The summed E-state index contributed by atoms with van der Waals surface area (Å²) in [5.41, 5.74) is 9.07. The zero-order valence-electron chi connectivity index (χ0n) is 10.9. The molecule has 0 spiro atoms. The van der Waals surface area contributed by atoms with Crippen molar-refractivity contribution in [3.8, 4) is 11.5 Å². The largest absolute Gasteiger partial charge is 0.455 e. The fourth-order valence-corrected chi connectivity index (χ4v) is 1.97. The number of nitro benzene ring substituents is 1. The van der Waals surface area contributed by atoms with Crippen LogP contribution in [0, 0.1) is 17.0 Å². The number of azide groups is 1. The summed E-state index contributed by atoms with van der Waals surface area (Å²) in [7, 11) is 0. The monoisotopic (exact) mass is 304 g/mol. The van der Waals surface area contributed by atoms with Gasteiger partial charge >= 0.3 is 0 Å². The highest BCUT2D eigenvalue weighted by atomic mass is 35.5. The molecule has 0 N–H and O–H groups in total. The minimum Gasteiger partial charge on any atom is -0.455 e. The molecule has 0 heterocycles. The fourth-order valence-electron chi connectivity index (χ4n) is 1.71. The zero-order chi connectivity index (χ0) is 15.4. The molecule has 2 aromatic carbocycles. The van der Waals surface area contributed by atoms with Crippen LogP contribution in [0.25, 0.3) is 10.4 Å². The molecule has 0 fully saturated rings. The predicted octanol–water partition coefficient (Wildman–Crippen LogP) is 5.29. The Morgan fingerprint density at radius 2 is 2.14 bits per heavy atom. The number of hydrogen-bond donors (Lipinski definition) is 0. The topological polar surface area (TPSA) is 101 Å². The molecular weight excluding hydrogens is 296 g/mol. The third-order valence-electron chi connectivity index (χ3n) is 2.63. The van der Waals surface area contributed by atoms with Crippen LogP contribution < -0.4 is 4.74 Å². The normalized spacial score (nSPS) is 9.81. The van der Waals surface area contributed by atoms with Crippen molar-refractivity contribution in [2.24, 2.45) is 5.11 Å². The van der Waals surface area contributed by atoms with E-state index in [0.29, 0.717) is 10.8 Å². The second-order valence-electron chi connectivity index (χ2n) is 4.12. The first kappa shape index (κ1) is 14.6. The quantitative estimate of drug-likeness (QED) is 0.252. The number of nitro groups is 1. The SMILES string of the molecule is Cc1cccc(Cl)c1Oc1cc(N=[N+]=[N-])cc([N+](=O)[O-])c1. The van der Waals surface area contributed by atoms with Crippen molar-refractivity contribution >= 4 is 23.0 Å². The molecule has 7 nitrogen and oxygen atoms in total. The Morgan fingerprint density at radius 1 is 1.38 bits per heavy atom. The van der Waals surface area contributed by atoms with Gasteiger partial charge in [0.15, 0.2) is 0 Å². The minimum absolute atomic E-state index is 0.0893. The maximum atomic E-state index is 10.9. The second-order valence-corrected chi connectivity index (χ2v) is 4.53. The van der Waals surface area contributed by atoms with E-state index >= 15 is 0 Å². The minimum atomic E-state index is -0.595. The smallest absolute Gasteiger partial charge is 0.273 e. The summed E-state index contributed by atoms with van der Waals surface area (Å²) in [6.45, 7) is 1.80. The molecule has 0 saturated carbocycles. The molecule has 2 rings (SSSR count). The first-order valence-corrected chi connectivity index (χ1v) is 6.16. The molecule has 0 aliphatic heterocycles. The van der Waals surface area contributed by atoms with E-state index in [9.17, 15) is 10.1 Å². The number of nitrogens with zero attached hydrogens (tertiary/aromatic N) is 4. The Hall–Kier alpha value is -2.76. The van der Waals surface area contributed by atoms with Crippen molar-refractivity contribution < 1.29 is 9.66 Å². The standard InChI is InChI=1S/C13H9ClN4O3/c1-8-3-2-4-12(14)13(8)21-11-6-9(16-17-15)5-10(7-11)18(19)20/h2-7H,1H3. The summed E-state index contributed by atoms with van der Waals surface area (Å²) < 4.78 is 5.60. The van der Waals surface area contributed by atoms with Crippen LogP contribution in [0.15, 0.2) is 41.5 Å². The molecule has 0 saturated heterocycles. The van der Waals surface area contributed by atoms with E-state index in [1.165, 1.54) is 12.1 Å². The molecule has 0 bridgehead atoms. The molecule has 0 amide bonds. The summed E-state index contributed by atoms with van der Waals surface area (Å²) in [6.07, 6.45) is 0. The van der Waals surface area contributed by atoms with E-state index in [1.807, 2.05) is 0 Å². The number of hydrogen-bond acceptors (Lipinski definition) is 4. The molecule has 0 atom stereocenters. The van der Waals surface area contributed by atoms with E-state index < -0.39 is 4.92 Å². The lowest BCUT2D eigenvalue weighted by molar-refractivity contribution is -0.384. The van der Waals surface area contributed by atoms with Crippen molar-refractivity contribution in [1.82, 2.24) is 0 Å². The van der Waals surface area contributed by atoms with Gasteiger partial charge in [-0.1, -0.05) is 28.8 Å². The van der Waals surface area contributed by atoms with Gasteiger partial charge in [-0.2, -0.15) is 0 Å². The molecule has 2 aromatic rings. The van der Waals surface area contributed by atoms with Crippen molar-refractivity contribution in [3.63, 3.8) is 0 Å². The van der Waals surface area contributed by atoms with Gasteiger partial charge in [-0.3, -0.25) is 10.1 Å². The maximum Gasteiger partial charge on any atom is 0.273 e. The van der Waals surface area contributed by atoms with E-state index in [-0.39, 0.29) is 17.1 Å².